The highest BCUT2D eigenvalue weighted by atomic mass is 35.5. The molecule has 2 aromatic heterocycles. The van der Waals surface area contributed by atoms with E-state index < -0.39 is 33.7 Å². The SMILES string of the molecule is O=C(CCCCC[n+]1ccc(-c2nc3cc(Cl)c(OCCCS(=O)(=O)O)cc3o2)cc1)ON1C(=O)CCC1=O. The standard InChI is InChI=1S/C25H26ClN3O9S/c26-18-15-19-21(16-20(18)36-13-4-14-39(33,34)35)37-25(27-19)17-8-11-28(12-9-17)10-3-1-2-5-24(32)38-29-22(30)6-7-23(29)31/h8-9,11-12,15-16H,1-7,10,13-14H2/p+1. The number of halogens is 1. The van der Waals surface area contributed by atoms with Crippen LogP contribution in [-0.2, 0) is 35.9 Å². The second-order valence-corrected chi connectivity index (χ2v) is 10.9. The van der Waals surface area contributed by atoms with Crippen molar-refractivity contribution in [2.24, 2.45) is 0 Å². The molecule has 208 valence electrons. The van der Waals surface area contributed by atoms with Crippen LogP contribution in [0.4, 0.5) is 0 Å². The summed E-state index contributed by atoms with van der Waals surface area (Å²) in [6.45, 7) is 0.773. The van der Waals surface area contributed by atoms with E-state index in [9.17, 15) is 22.8 Å². The Morgan fingerprint density at radius 1 is 1.10 bits per heavy atom. The van der Waals surface area contributed by atoms with E-state index in [-0.39, 0.29) is 32.3 Å². The molecule has 0 saturated carbocycles. The van der Waals surface area contributed by atoms with Crippen LogP contribution < -0.4 is 9.30 Å². The van der Waals surface area contributed by atoms with Gasteiger partial charge < -0.3 is 14.0 Å². The Morgan fingerprint density at radius 2 is 1.82 bits per heavy atom. The third-order valence-electron chi connectivity index (χ3n) is 5.88. The molecular formula is C25H27ClN3O9S+. The maximum Gasteiger partial charge on any atom is 0.333 e. The smallest absolute Gasteiger partial charge is 0.333 e. The number of carbonyl (C=O) groups excluding carboxylic acids is 3. The zero-order chi connectivity index (χ0) is 28.0. The van der Waals surface area contributed by atoms with Gasteiger partial charge in [0.1, 0.15) is 17.8 Å². The fourth-order valence-corrected chi connectivity index (χ4v) is 4.58. The molecule has 1 N–H and O–H groups in total. The van der Waals surface area contributed by atoms with E-state index in [1.807, 2.05) is 29.1 Å². The lowest BCUT2D eigenvalue weighted by molar-refractivity contribution is -0.697. The zero-order valence-electron chi connectivity index (χ0n) is 20.9. The number of pyridine rings is 1. The Hall–Kier alpha value is -3.55. The molecule has 39 heavy (non-hydrogen) atoms. The molecule has 3 aromatic rings. The maximum atomic E-state index is 11.9. The molecule has 0 bridgehead atoms. The van der Waals surface area contributed by atoms with Gasteiger partial charge in [-0.05, 0) is 25.3 Å². The van der Waals surface area contributed by atoms with Crippen LogP contribution in [-0.4, -0.2) is 53.2 Å². The van der Waals surface area contributed by atoms with Gasteiger partial charge >= 0.3 is 5.97 Å². The molecule has 2 amide bonds. The summed E-state index contributed by atoms with van der Waals surface area (Å²) < 4.78 is 43.8. The summed E-state index contributed by atoms with van der Waals surface area (Å²) in [6.07, 6.45) is 6.30. The molecule has 0 unspecified atom stereocenters. The molecule has 0 spiro atoms. The highest BCUT2D eigenvalue weighted by molar-refractivity contribution is 7.85. The van der Waals surface area contributed by atoms with Crippen molar-refractivity contribution in [1.82, 2.24) is 10.0 Å². The van der Waals surface area contributed by atoms with E-state index in [1.54, 1.807) is 12.1 Å². The maximum absolute atomic E-state index is 11.9. The van der Waals surface area contributed by atoms with Crippen LogP contribution in [0.3, 0.4) is 0 Å². The molecule has 1 aliphatic heterocycles. The third kappa shape index (κ3) is 7.97. The number of imide groups is 1. The number of hydroxylamine groups is 2. The second-order valence-electron chi connectivity index (χ2n) is 8.94. The first-order valence-electron chi connectivity index (χ1n) is 12.3. The summed E-state index contributed by atoms with van der Waals surface area (Å²) in [5.74, 6) is -1.26. The normalized spacial score (nSPS) is 13.8. The lowest BCUT2D eigenvalue weighted by atomic mass is 10.2. The number of carbonyl (C=O) groups is 3. The number of rotatable bonds is 13. The number of ether oxygens (including phenoxy) is 1. The van der Waals surface area contributed by atoms with E-state index in [4.69, 9.17) is 30.1 Å². The molecule has 0 atom stereocenters. The number of unbranched alkanes of at least 4 members (excludes halogenated alkanes) is 2. The van der Waals surface area contributed by atoms with E-state index in [0.717, 1.165) is 24.9 Å². The van der Waals surface area contributed by atoms with Crippen molar-refractivity contribution in [3.63, 3.8) is 0 Å². The fourth-order valence-electron chi connectivity index (χ4n) is 3.88. The number of benzene rings is 1. The number of hydrogen-bond donors (Lipinski definition) is 1. The van der Waals surface area contributed by atoms with Crippen LogP contribution in [0, 0.1) is 0 Å². The average Bonchev–Trinajstić information content (AvgIpc) is 3.44. The number of nitrogens with zero attached hydrogens (tertiary/aromatic N) is 3. The Bertz CT molecular complexity index is 1460. The summed E-state index contributed by atoms with van der Waals surface area (Å²) >= 11 is 6.25. The lowest BCUT2D eigenvalue weighted by Crippen LogP contribution is -2.32. The summed E-state index contributed by atoms with van der Waals surface area (Å²) in [5.41, 5.74) is 1.74. The molecule has 1 aliphatic rings. The number of oxazole rings is 1. The largest absolute Gasteiger partial charge is 0.492 e. The monoisotopic (exact) mass is 580 g/mol. The minimum absolute atomic E-state index is 0.0510. The molecule has 0 radical (unpaired) electrons. The summed E-state index contributed by atoms with van der Waals surface area (Å²) in [6, 6.07) is 6.91. The molecule has 1 fully saturated rings. The number of fused-ring (bicyclic) bond motifs is 1. The average molecular weight is 581 g/mol. The van der Waals surface area contributed by atoms with Crippen LogP contribution >= 0.6 is 11.6 Å². The molecule has 1 aromatic carbocycles. The Morgan fingerprint density at radius 3 is 2.51 bits per heavy atom. The van der Waals surface area contributed by atoms with Gasteiger partial charge in [-0.3, -0.25) is 14.1 Å². The quantitative estimate of drug-likeness (QED) is 0.138. The van der Waals surface area contributed by atoms with Gasteiger partial charge in [0.25, 0.3) is 21.9 Å². The highest BCUT2D eigenvalue weighted by Crippen LogP contribution is 2.32. The first-order chi connectivity index (χ1) is 18.6. The van der Waals surface area contributed by atoms with E-state index in [2.05, 4.69) is 4.98 Å². The second kappa shape index (κ2) is 12.5. The van der Waals surface area contributed by atoms with Crippen molar-refractivity contribution < 1.29 is 45.9 Å². The first-order valence-corrected chi connectivity index (χ1v) is 14.3. The van der Waals surface area contributed by atoms with Gasteiger partial charge in [0, 0.05) is 49.4 Å². The Balaban J connectivity index is 1.24. The minimum atomic E-state index is -4.05. The van der Waals surface area contributed by atoms with Gasteiger partial charge in [-0.2, -0.15) is 8.42 Å². The number of aryl methyl sites for hydroxylation is 1. The molecule has 12 nitrogen and oxygen atoms in total. The van der Waals surface area contributed by atoms with Gasteiger partial charge in [0.15, 0.2) is 18.0 Å². The van der Waals surface area contributed by atoms with Crippen molar-refractivity contribution in [3.05, 3.63) is 41.7 Å². The molecule has 1 saturated heterocycles. The van der Waals surface area contributed by atoms with Gasteiger partial charge in [-0.25, -0.2) is 14.3 Å². The molecule has 0 aliphatic carbocycles. The molecule has 14 heteroatoms. The third-order valence-corrected chi connectivity index (χ3v) is 6.98. The van der Waals surface area contributed by atoms with Crippen molar-refractivity contribution in [2.75, 3.05) is 12.4 Å². The van der Waals surface area contributed by atoms with Crippen molar-refractivity contribution in [3.8, 4) is 17.2 Å². The van der Waals surface area contributed by atoms with Gasteiger partial charge in [-0.15, -0.1) is 5.06 Å². The van der Waals surface area contributed by atoms with E-state index in [0.29, 0.717) is 39.2 Å². The lowest BCUT2D eigenvalue weighted by Gasteiger charge is -2.12. The predicted octanol–water partition coefficient (Wildman–Crippen LogP) is 3.26. The first kappa shape index (κ1) is 28.5. The van der Waals surface area contributed by atoms with Crippen molar-refractivity contribution in [2.45, 2.75) is 51.5 Å². The van der Waals surface area contributed by atoms with Crippen molar-refractivity contribution >= 4 is 50.6 Å². The number of aromatic nitrogens is 2. The Kier molecular flexibility index (Phi) is 9.15. The van der Waals surface area contributed by atoms with Crippen LogP contribution in [0.1, 0.15) is 44.9 Å². The molecule has 4 rings (SSSR count). The van der Waals surface area contributed by atoms with Crippen LogP contribution in [0.25, 0.3) is 22.6 Å². The summed E-state index contributed by atoms with van der Waals surface area (Å²) in [5, 5.41) is 0.862. The van der Waals surface area contributed by atoms with E-state index in [1.165, 1.54) is 0 Å². The van der Waals surface area contributed by atoms with Gasteiger partial charge in [0.2, 0.25) is 5.89 Å². The molecule has 3 heterocycles. The molecular weight excluding hydrogens is 554 g/mol. The highest BCUT2D eigenvalue weighted by Gasteiger charge is 2.32. The fraction of sp³-hybridized carbons (Fsp3) is 0.400. The number of hydrogen-bond acceptors (Lipinski definition) is 9. The Labute approximate surface area is 229 Å². The van der Waals surface area contributed by atoms with Gasteiger partial charge in [-0.1, -0.05) is 11.6 Å². The van der Waals surface area contributed by atoms with Crippen LogP contribution in [0.2, 0.25) is 5.02 Å². The van der Waals surface area contributed by atoms with Crippen molar-refractivity contribution in [1.29, 1.82) is 0 Å². The van der Waals surface area contributed by atoms with Crippen LogP contribution in [0.5, 0.6) is 5.75 Å². The predicted molar refractivity (Wildman–Crippen MR) is 137 cm³/mol. The van der Waals surface area contributed by atoms with Crippen LogP contribution in [0.15, 0.2) is 41.1 Å². The number of amides is 2. The van der Waals surface area contributed by atoms with E-state index >= 15 is 0 Å². The zero-order valence-corrected chi connectivity index (χ0v) is 22.4. The summed E-state index contributed by atoms with van der Waals surface area (Å²) in [4.78, 5) is 44.2. The topological polar surface area (TPSA) is 157 Å². The summed E-state index contributed by atoms with van der Waals surface area (Å²) in [7, 11) is -4.05. The van der Waals surface area contributed by atoms with Gasteiger partial charge in [0.05, 0.1) is 17.4 Å². The minimum Gasteiger partial charge on any atom is -0.492 e.